The number of amides is 1. The molecule has 2 rings (SSSR count). The second-order valence-electron chi connectivity index (χ2n) is 5.16. The molecule has 1 aromatic carbocycles. The van der Waals surface area contributed by atoms with E-state index in [1.54, 1.807) is 13.0 Å². The first-order valence-electron chi connectivity index (χ1n) is 7.15. The molecule has 1 aliphatic rings. The van der Waals surface area contributed by atoms with E-state index in [1.165, 1.54) is 17.0 Å². The van der Waals surface area contributed by atoms with Crippen molar-refractivity contribution in [3.63, 3.8) is 0 Å². The average molecular weight is 310 g/mol. The van der Waals surface area contributed by atoms with E-state index in [1.807, 2.05) is 11.8 Å². The Morgan fingerprint density at radius 1 is 1.41 bits per heavy atom. The highest BCUT2D eigenvalue weighted by atomic mass is 19.1. The summed E-state index contributed by atoms with van der Waals surface area (Å²) in [6.07, 6.45) is -0.948. The van der Waals surface area contributed by atoms with E-state index in [-0.39, 0.29) is 18.2 Å². The maximum Gasteiger partial charge on any atom is 0.407 e. The predicted molar refractivity (Wildman–Crippen MR) is 78.8 cm³/mol. The van der Waals surface area contributed by atoms with Crippen LogP contribution in [0.3, 0.4) is 0 Å². The SMILES string of the molecule is CCOC(=O)c1ccc(N2CCN(C(=O)O)C(C)C2)cc1F. The first-order valence-corrected chi connectivity index (χ1v) is 7.15. The summed E-state index contributed by atoms with van der Waals surface area (Å²) < 4.78 is 18.8. The number of rotatable bonds is 3. The van der Waals surface area contributed by atoms with Crippen LogP contribution in [0.2, 0.25) is 0 Å². The Morgan fingerprint density at radius 2 is 2.14 bits per heavy atom. The largest absolute Gasteiger partial charge is 0.465 e. The van der Waals surface area contributed by atoms with Crippen LogP contribution in [0.5, 0.6) is 0 Å². The van der Waals surface area contributed by atoms with Crippen molar-refractivity contribution in [2.24, 2.45) is 0 Å². The minimum atomic E-state index is -0.948. The van der Waals surface area contributed by atoms with E-state index in [9.17, 15) is 14.0 Å². The molecule has 1 atom stereocenters. The molecule has 1 fully saturated rings. The van der Waals surface area contributed by atoms with Crippen LogP contribution in [-0.4, -0.2) is 54.4 Å². The number of hydrogen-bond donors (Lipinski definition) is 1. The van der Waals surface area contributed by atoms with Crippen LogP contribution in [0.25, 0.3) is 0 Å². The molecule has 1 saturated heterocycles. The Bertz CT molecular complexity index is 579. The summed E-state index contributed by atoms with van der Waals surface area (Å²) in [6, 6.07) is 4.16. The van der Waals surface area contributed by atoms with Crippen LogP contribution < -0.4 is 4.90 Å². The first-order chi connectivity index (χ1) is 10.4. The van der Waals surface area contributed by atoms with Crippen molar-refractivity contribution in [2.75, 3.05) is 31.1 Å². The minimum absolute atomic E-state index is 0.0946. The van der Waals surface area contributed by atoms with Crippen LogP contribution >= 0.6 is 0 Å². The van der Waals surface area contributed by atoms with Crippen LogP contribution in [-0.2, 0) is 4.74 Å². The molecule has 1 aromatic rings. The summed E-state index contributed by atoms with van der Waals surface area (Å²) in [6.45, 7) is 4.98. The van der Waals surface area contributed by atoms with Gasteiger partial charge in [0.05, 0.1) is 12.2 Å². The van der Waals surface area contributed by atoms with Crippen LogP contribution in [0, 0.1) is 5.82 Å². The number of hydrogen-bond acceptors (Lipinski definition) is 4. The molecule has 0 spiro atoms. The first kappa shape index (κ1) is 16.1. The molecule has 1 unspecified atom stereocenters. The lowest BCUT2D eigenvalue weighted by Gasteiger charge is -2.39. The minimum Gasteiger partial charge on any atom is -0.465 e. The van der Waals surface area contributed by atoms with E-state index in [0.717, 1.165) is 0 Å². The maximum atomic E-state index is 14.0. The molecule has 0 aromatic heterocycles. The topological polar surface area (TPSA) is 70.1 Å². The van der Waals surface area contributed by atoms with E-state index in [4.69, 9.17) is 9.84 Å². The van der Waals surface area contributed by atoms with Gasteiger partial charge >= 0.3 is 12.1 Å². The Labute approximate surface area is 128 Å². The van der Waals surface area contributed by atoms with Gasteiger partial charge < -0.3 is 19.6 Å². The molecule has 6 nitrogen and oxygen atoms in total. The molecular weight excluding hydrogens is 291 g/mol. The number of carbonyl (C=O) groups excluding carboxylic acids is 1. The smallest absolute Gasteiger partial charge is 0.407 e. The van der Waals surface area contributed by atoms with Crippen molar-refractivity contribution in [3.8, 4) is 0 Å². The summed E-state index contributed by atoms with van der Waals surface area (Å²) in [4.78, 5) is 25.9. The summed E-state index contributed by atoms with van der Waals surface area (Å²) >= 11 is 0. The van der Waals surface area contributed by atoms with Crippen molar-refractivity contribution >= 4 is 17.7 Å². The van der Waals surface area contributed by atoms with Gasteiger partial charge in [0, 0.05) is 31.4 Å². The molecule has 1 heterocycles. The van der Waals surface area contributed by atoms with Crippen LogP contribution in [0.15, 0.2) is 18.2 Å². The highest BCUT2D eigenvalue weighted by Crippen LogP contribution is 2.22. The summed E-state index contributed by atoms with van der Waals surface area (Å²) in [5.41, 5.74) is 0.533. The Balaban J connectivity index is 2.13. The fourth-order valence-corrected chi connectivity index (χ4v) is 2.55. The number of esters is 1. The quantitative estimate of drug-likeness (QED) is 0.867. The van der Waals surface area contributed by atoms with Crippen molar-refractivity contribution in [1.82, 2.24) is 4.90 Å². The Kier molecular flexibility index (Phi) is 4.85. The highest BCUT2D eigenvalue weighted by Gasteiger charge is 2.27. The van der Waals surface area contributed by atoms with Gasteiger partial charge in [-0.15, -0.1) is 0 Å². The second kappa shape index (κ2) is 6.64. The van der Waals surface area contributed by atoms with Gasteiger partial charge in [0.2, 0.25) is 0 Å². The van der Waals surface area contributed by atoms with Gasteiger partial charge in [-0.25, -0.2) is 14.0 Å². The number of nitrogens with zero attached hydrogens (tertiary/aromatic N) is 2. The molecule has 0 aliphatic carbocycles. The zero-order valence-corrected chi connectivity index (χ0v) is 12.6. The molecule has 0 bridgehead atoms. The van der Waals surface area contributed by atoms with Crippen LogP contribution in [0.4, 0.5) is 14.9 Å². The lowest BCUT2D eigenvalue weighted by Crippen LogP contribution is -2.53. The zero-order chi connectivity index (χ0) is 16.3. The van der Waals surface area contributed by atoms with E-state index in [2.05, 4.69) is 0 Å². The number of piperazine rings is 1. The van der Waals surface area contributed by atoms with E-state index in [0.29, 0.717) is 25.3 Å². The van der Waals surface area contributed by atoms with Crippen molar-refractivity contribution in [2.45, 2.75) is 19.9 Å². The maximum absolute atomic E-state index is 14.0. The van der Waals surface area contributed by atoms with Gasteiger partial charge in [-0.05, 0) is 32.0 Å². The van der Waals surface area contributed by atoms with Gasteiger partial charge in [-0.1, -0.05) is 0 Å². The van der Waals surface area contributed by atoms with Gasteiger partial charge in [-0.3, -0.25) is 0 Å². The number of carbonyl (C=O) groups is 2. The highest BCUT2D eigenvalue weighted by molar-refractivity contribution is 5.90. The van der Waals surface area contributed by atoms with Gasteiger partial charge in [0.15, 0.2) is 0 Å². The zero-order valence-electron chi connectivity index (χ0n) is 12.6. The standard InChI is InChI=1S/C15H19FN2O4/c1-3-22-14(19)12-5-4-11(8-13(12)16)17-6-7-18(15(20)21)10(2)9-17/h4-5,8,10H,3,6-7,9H2,1-2H3,(H,20,21). The number of carboxylic acid groups (broad SMARTS) is 1. The molecule has 0 radical (unpaired) electrons. The van der Waals surface area contributed by atoms with Gasteiger partial charge in [-0.2, -0.15) is 0 Å². The third-order valence-electron chi connectivity index (χ3n) is 3.69. The fraction of sp³-hybridized carbons (Fsp3) is 0.467. The third kappa shape index (κ3) is 3.29. The molecule has 120 valence electrons. The van der Waals surface area contributed by atoms with E-state index < -0.39 is 17.9 Å². The molecule has 7 heteroatoms. The average Bonchev–Trinajstić information content (AvgIpc) is 2.46. The number of benzene rings is 1. The van der Waals surface area contributed by atoms with Gasteiger partial charge in [0.25, 0.3) is 0 Å². The Morgan fingerprint density at radius 3 is 2.68 bits per heavy atom. The van der Waals surface area contributed by atoms with Crippen molar-refractivity contribution < 1.29 is 23.8 Å². The number of anilines is 1. The summed E-state index contributed by atoms with van der Waals surface area (Å²) in [5, 5.41) is 9.05. The van der Waals surface area contributed by atoms with E-state index >= 15 is 0 Å². The molecule has 22 heavy (non-hydrogen) atoms. The fourth-order valence-electron chi connectivity index (χ4n) is 2.55. The van der Waals surface area contributed by atoms with Crippen LogP contribution in [0.1, 0.15) is 24.2 Å². The molecule has 1 amide bonds. The molecule has 1 aliphatic heterocycles. The van der Waals surface area contributed by atoms with Crippen molar-refractivity contribution in [1.29, 1.82) is 0 Å². The second-order valence-corrected chi connectivity index (χ2v) is 5.16. The summed E-state index contributed by atoms with van der Waals surface area (Å²) in [5.74, 6) is -1.32. The number of halogens is 1. The monoisotopic (exact) mass is 310 g/mol. The molecule has 1 N–H and O–H groups in total. The number of ether oxygens (including phenoxy) is 1. The lowest BCUT2D eigenvalue weighted by molar-refractivity contribution is 0.0521. The van der Waals surface area contributed by atoms with Crippen molar-refractivity contribution in [3.05, 3.63) is 29.6 Å². The Hall–Kier alpha value is -2.31. The molecular formula is C15H19FN2O4. The summed E-state index contributed by atoms with van der Waals surface area (Å²) in [7, 11) is 0. The van der Waals surface area contributed by atoms with Gasteiger partial charge in [0.1, 0.15) is 5.82 Å². The molecule has 0 saturated carbocycles. The third-order valence-corrected chi connectivity index (χ3v) is 3.69. The lowest BCUT2D eigenvalue weighted by atomic mass is 10.1. The normalized spacial score (nSPS) is 18.2. The predicted octanol–water partition coefficient (Wildman–Crippen LogP) is 2.19.